The van der Waals surface area contributed by atoms with Gasteiger partial charge in [-0.15, -0.1) is 0 Å². The topological polar surface area (TPSA) is 76.7 Å². The molecule has 3 rings (SSSR count). The molecule has 2 aromatic carbocycles. The van der Waals surface area contributed by atoms with Crippen molar-refractivity contribution in [2.45, 2.75) is 25.9 Å². The minimum atomic E-state index is -0.431. The number of carbonyl (C=O) groups excluding carboxylic acids is 2. The van der Waals surface area contributed by atoms with Gasteiger partial charge in [0.15, 0.2) is 11.5 Å². The molecule has 0 radical (unpaired) electrons. The van der Waals surface area contributed by atoms with E-state index in [1.54, 1.807) is 0 Å². The van der Waals surface area contributed by atoms with E-state index in [2.05, 4.69) is 10.6 Å². The quantitative estimate of drug-likeness (QED) is 0.653. The van der Waals surface area contributed by atoms with Crippen LogP contribution in [0.25, 0.3) is 0 Å². The molecule has 0 saturated carbocycles. The summed E-state index contributed by atoms with van der Waals surface area (Å²) in [6, 6.07) is 18.9. The molecule has 0 spiro atoms. The number of rotatable bonds is 8. The zero-order chi connectivity index (χ0) is 21.7. The molecule has 2 N–H and O–H groups in total. The Morgan fingerprint density at radius 2 is 0.967 bits per heavy atom. The van der Waals surface area contributed by atoms with E-state index >= 15 is 0 Å². The summed E-state index contributed by atoms with van der Waals surface area (Å²) in [5.74, 6) is -0.934. The maximum absolute atomic E-state index is 13.2. The van der Waals surface area contributed by atoms with Gasteiger partial charge in [-0.3, -0.25) is 9.59 Å². The Labute approximate surface area is 176 Å². The van der Waals surface area contributed by atoms with Crippen LogP contribution in [0.2, 0.25) is 0 Å². The van der Waals surface area contributed by atoms with Crippen LogP contribution in [-0.2, 0) is 19.1 Å². The highest BCUT2D eigenvalue weighted by molar-refractivity contribution is 6.23. The molecular weight excluding hydrogens is 380 g/mol. The third-order valence-electron chi connectivity index (χ3n) is 5.05. The largest absolute Gasteiger partial charge is 0.491 e. The number of benzene rings is 2. The molecule has 2 atom stereocenters. The molecule has 0 aromatic heterocycles. The summed E-state index contributed by atoms with van der Waals surface area (Å²) in [5, 5.41) is 6.26. The average Bonchev–Trinajstić information content (AvgIpc) is 2.78. The van der Waals surface area contributed by atoms with Crippen molar-refractivity contribution in [2.75, 3.05) is 14.2 Å². The van der Waals surface area contributed by atoms with Gasteiger partial charge in [0.1, 0.15) is 11.4 Å². The number of ketones is 2. The van der Waals surface area contributed by atoms with Crippen LogP contribution >= 0.6 is 0 Å². The lowest BCUT2D eigenvalue weighted by molar-refractivity contribution is -0.121. The average molecular weight is 406 g/mol. The Bertz CT molecular complexity index is 899. The number of ether oxygens (including phenoxy) is 2. The number of hydrogen-bond donors (Lipinski definition) is 2. The first kappa shape index (κ1) is 21.2. The monoisotopic (exact) mass is 406 g/mol. The lowest BCUT2D eigenvalue weighted by Crippen LogP contribution is -2.38. The first-order chi connectivity index (χ1) is 14.5. The van der Waals surface area contributed by atoms with Crippen molar-refractivity contribution in [1.29, 1.82) is 0 Å². The second-order valence-corrected chi connectivity index (χ2v) is 7.03. The van der Waals surface area contributed by atoms with Gasteiger partial charge < -0.3 is 20.1 Å². The smallest absolute Gasteiger partial charge is 0.249 e. The lowest BCUT2D eigenvalue weighted by atomic mass is 9.98. The molecule has 1 aliphatic carbocycles. The van der Waals surface area contributed by atoms with Crippen molar-refractivity contribution >= 4 is 11.6 Å². The van der Waals surface area contributed by atoms with Gasteiger partial charge >= 0.3 is 0 Å². The van der Waals surface area contributed by atoms with Gasteiger partial charge in [0.05, 0.1) is 14.2 Å². The Balaban J connectivity index is 1.91. The van der Waals surface area contributed by atoms with Gasteiger partial charge in [-0.1, -0.05) is 60.7 Å². The van der Waals surface area contributed by atoms with Crippen LogP contribution in [0.5, 0.6) is 0 Å². The van der Waals surface area contributed by atoms with E-state index in [4.69, 9.17) is 9.47 Å². The van der Waals surface area contributed by atoms with Crippen LogP contribution < -0.4 is 10.6 Å². The summed E-state index contributed by atoms with van der Waals surface area (Å²) >= 11 is 0. The molecule has 0 heterocycles. The highest BCUT2D eigenvalue weighted by Gasteiger charge is 2.38. The number of hydrogen-bond acceptors (Lipinski definition) is 6. The predicted molar refractivity (Wildman–Crippen MR) is 114 cm³/mol. The van der Waals surface area contributed by atoms with Gasteiger partial charge in [-0.25, -0.2) is 0 Å². The van der Waals surface area contributed by atoms with E-state index in [9.17, 15) is 9.59 Å². The summed E-state index contributed by atoms with van der Waals surface area (Å²) in [5.41, 5.74) is 2.14. The molecule has 6 heteroatoms. The van der Waals surface area contributed by atoms with Crippen molar-refractivity contribution in [3.63, 3.8) is 0 Å². The number of nitrogens with one attached hydrogen (secondary N) is 2. The predicted octanol–water partition coefficient (Wildman–Crippen LogP) is 3.56. The van der Waals surface area contributed by atoms with Crippen LogP contribution in [0.1, 0.15) is 37.1 Å². The van der Waals surface area contributed by atoms with Crippen LogP contribution in [0, 0.1) is 0 Å². The third kappa shape index (κ3) is 4.22. The van der Waals surface area contributed by atoms with E-state index in [1.807, 2.05) is 74.5 Å². The minimum absolute atomic E-state index is 0.0358. The molecular formula is C24H26N2O4. The Morgan fingerprint density at radius 1 is 0.633 bits per heavy atom. The highest BCUT2D eigenvalue weighted by Crippen LogP contribution is 2.27. The maximum Gasteiger partial charge on any atom is 0.249 e. The van der Waals surface area contributed by atoms with Gasteiger partial charge in [0.25, 0.3) is 0 Å². The fourth-order valence-corrected chi connectivity index (χ4v) is 3.40. The summed E-state index contributed by atoms with van der Waals surface area (Å²) < 4.78 is 10.7. The minimum Gasteiger partial charge on any atom is -0.491 e. The molecule has 0 aliphatic heterocycles. The summed E-state index contributed by atoms with van der Waals surface area (Å²) in [6.07, 6.45) is 0. The van der Waals surface area contributed by atoms with Crippen molar-refractivity contribution in [3.8, 4) is 0 Å². The highest BCUT2D eigenvalue weighted by atomic mass is 16.5. The van der Waals surface area contributed by atoms with Gasteiger partial charge in [-0.2, -0.15) is 0 Å². The van der Waals surface area contributed by atoms with E-state index in [0.29, 0.717) is 0 Å². The SMILES string of the molecule is COC1=C(N[C@@H](C)c2ccccc2)C(=O)C(OC)=C(N[C@@H](C)c2ccccc2)C1=O. The molecule has 156 valence electrons. The number of Topliss-reactive ketones (excluding diaryl/α,β-unsaturated/α-hetero) is 2. The Morgan fingerprint density at radius 3 is 1.27 bits per heavy atom. The first-order valence-electron chi connectivity index (χ1n) is 9.76. The third-order valence-corrected chi connectivity index (χ3v) is 5.05. The lowest BCUT2D eigenvalue weighted by Gasteiger charge is -2.27. The zero-order valence-electron chi connectivity index (χ0n) is 17.6. The standard InChI is InChI=1S/C24H26N2O4/c1-15(17-11-7-5-8-12-17)25-19-21(27)24(30-4)20(22(28)23(19)29-3)26-16(2)18-13-9-6-10-14-18/h5-16,25-26H,1-4H3/t15-,16-/m0/s1. The van der Waals surface area contributed by atoms with Crippen molar-refractivity contribution in [1.82, 2.24) is 10.6 Å². The zero-order valence-corrected chi connectivity index (χ0v) is 17.6. The molecule has 0 bridgehead atoms. The van der Waals surface area contributed by atoms with E-state index in [-0.39, 0.29) is 35.0 Å². The molecule has 0 saturated heterocycles. The molecule has 0 amide bonds. The molecule has 6 nitrogen and oxygen atoms in total. The van der Waals surface area contributed by atoms with Crippen LogP contribution in [0.4, 0.5) is 0 Å². The van der Waals surface area contributed by atoms with Gasteiger partial charge in [-0.05, 0) is 25.0 Å². The van der Waals surface area contributed by atoms with Gasteiger partial charge in [0.2, 0.25) is 11.6 Å². The van der Waals surface area contributed by atoms with Crippen molar-refractivity contribution < 1.29 is 19.1 Å². The Kier molecular flexibility index (Phi) is 6.57. The summed E-state index contributed by atoms with van der Waals surface area (Å²) in [6.45, 7) is 3.82. The molecule has 30 heavy (non-hydrogen) atoms. The second kappa shape index (κ2) is 9.31. The molecule has 0 unspecified atom stereocenters. The normalized spacial score (nSPS) is 16.3. The maximum atomic E-state index is 13.2. The summed E-state index contributed by atoms with van der Waals surface area (Å²) in [4.78, 5) is 26.4. The van der Waals surface area contributed by atoms with Crippen molar-refractivity contribution in [3.05, 3.63) is 94.7 Å². The van der Waals surface area contributed by atoms with Crippen LogP contribution in [0.15, 0.2) is 83.6 Å². The molecule has 0 fully saturated rings. The van der Waals surface area contributed by atoms with E-state index < -0.39 is 11.6 Å². The van der Waals surface area contributed by atoms with Crippen molar-refractivity contribution in [2.24, 2.45) is 0 Å². The summed E-state index contributed by atoms with van der Waals surface area (Å²) in [7, 11) is 2.76. The van der Waals surface area contributed by atoms with E-state index in [1.165, 1.54) is 14.2 Å². The van der Waals surface area contributed by atoms with E-state index in [0.717, 1.165) is 11.1 Å². The number of carbonyl (C=O) groups is 2. The Hall–Kier alpha value is -3.54. The fourth-order valence-electron chi connectivity index (χ4n) is 3.40. The second-order valence-electron chi connectivity index (χ2n) is 7.03. The first-order valence-corrected chi connectivity index (χ1v) is 9.76. The van der Waals surface area contributed by atoms with Crippen LogP contribution in [-0.4, -0.2) is 25.8 Å². The fraction of sp³-hybridized carbons (Fsp3) is 0.250. The molecule has 1 aliphatic rings. The van der Waals surface area contributed by atoms with Crippen LogP contribution in [0.3, 0.4) is 0 Å². The number of methoxy groups -OCH3 is 2. The molecule has 2 aromatic rings. The van der Waals surface area contributed by atoms with Gasteiger partial charge in [0, 0.05) is 12.1 Å².